The van der Waals surface area contributed by atoms with Crippen LogP contribution in [0.3, 0.4) is 0 Å². The third kappa shape index (κ3) is 3.14. The average molecular weight is 424 g/mol. The zero-order chi connectivity index (χ0) is 21.7. The number of fused-ring (bicyclic) bond motifs is 1. The molecule has 3 heterocycles. The lowest BCUT2D eigenvalue weighted by molar-refractivity contribution is -0.123. The van der Waals surface area contributed by atoms with Gasteiger partial charge in [0.15, 0.2) is 23.7 Å². The van der Waals surface area contributed by atoms with Crippen molar-refractivity contribution in [3.63, 3.8) is 0 Å². The highest BCUT2D eigenvalue weighted by molar-refractivity contribution is 6.25. The van der Waals surface area contributed by atoms with Gasteiger partial charge in [-0.2, -0.15) is 10.1 Å². The highest BCUT2D eigenvalue weighted by atomic mass is 19.2. The van der Waals surface area contributed by atoms with E-state index in [1.807, 2.05) is 31.2 Å². The van der Waals surface area contributed by atoms with Gasteiger partial charge in [-0.3, -0.25) is 14.6 Å². The summed E-state index contributed by atoms with van der Waals surface area (Å²) in [5.74, 6) is -3.00. The van der Waals surface area contributed by atoms with Gasteiger partial charge >= 0.3 is 0 Å². The molecule has 2 unspecified atom stereocenters. The number of hydrogen-bond acceptors (Lipinski definition) is 8. The molecule has 11 heteroatoms. The summed E-state index contributed by atoms with van der Waals surface area (Å²) in [7, 11) is 0. The molecule has 0 aliphatic carbocycles. The number of hydrogen-bond donors (Lipinski definition) is 0. The summed E-state index contributed by atoms with van der Waals surface area (Å²) >= 11 is 0. The second-order valence-corrected chi connectivity index (χ2v) is 7.18. The van der Waals surface area contributed by atoms with Crippen LogP contribution in [0.2, 0.25) is 0 Å². The molecule has 156 valence electrons. The minimum Gasteiger partial charge on any atom is -0.337 e. The Morgan fingerprint density at radius 1 is 1.03 bits per heavy atom. The molecule has 2 amide bonds. The normalized spacial score (nSPS) is 20.1. The largest absolute Gasteiger partial charge is 0.337 e. The number of halogens is 2. The fourth-order valence-corrected chi connectivity index (χ4v) is 3.51. The van der Waals surface area contributed by atoms with Crippen molar-refractivity contribution in [3.05, 3.63) is 65.6 Å². The summed E-state index contributed by atoms with van der Waals surface area (Å²) < 4.78 is 32.1. The molecule has 2 aliphatic rings. The number of aromatic nitrogens is 2. The first kappa shape index (κ1) is 19.0. The number of nitrogens with zero attached hydrogens (tertiary/aromatic N) is 6. The van der Waals surface area contributed by atoms with Crippen LogP contribution in [-0.4, -0.2) is 39.0 Å². The van der Waals surface area contributed by atoms with E-state index in [1.165, 1.54) is 5.01 Å². The van der Waals surface area contributed by atoms with Crippen molar-refractivity contribution in [2.75, 3.05) is 4.90 Å². The molecule has 0 N–H and O–H groups in total. The molecule has 1 saturated heterocycles. The van der Waals surface area contributed by atoms with E-state index in [1.54, 1.807) is 0 Å². The van der Waals surface area contributed by atoms with Crippen LogP contribution in [-0.2, 0) is 16.1 Å². The maximum absolute atomic E-state index is 13.6. The van der Waals surface area contributed by atoms with E-state index < -0.39 is 35.5 Å². The first-order valence-corrected chi connectivity index (χ1v) is 9.32. The lowest BCUT2D eigenvalue weighted by Crippen LogP contribution is -2.39. The zero-order valence-corrected chi connectivity index (χ0v) is 16.1. The van der Waals surface area contributed by atoms with Crippen LogP contribution >= 0.6 is 0 Å². The van der Waals surface area contributed by atoms with Crippen LogP contribution in [0.1, 0.15) is 11.5 Å². The fraction of sp³-hybridized carbons (Fsp3) is 0.200. The number of amides is 2. The van der Waals surface area contributed by atoms with Gasteiger partial charge < -0.3 is 4.52 Å². The molecular weight excluding hydrogens is 410 g/mol. The van der Waals surface area contributed by atoms with E-state index in [2.05, 4.69) is 20.5 Å². The summed E-state index contributed by atoms with van der Waals surface area (Å²) in [5.41, 5.74) is 1.78. The van der Waals surface area contributed by atoms with Crippen molar-refractivity contribution in [1.82, 2.24) is 15.1 Å². The Morgan fingerprint density at radius 2 is 1.81 bits per heavy atom. The predicted molar refractivity (Wildman–Crippen MR) is 101 cm³/mol. The zero-order valence-electron chi connectivity index (χ0n) is 16.1. The van der Waals surface area contributed by atoms with Crippen LogP contribution in [0.25, 0.3) is 11.4 Å². The number of anilines is 1. The molecule has 0 saturated carbocycles. The molecule has 1 aromatic heterocycles. The van der Waals surface area contributed by atoms with Gasteiger partial charge in [-0.1, -0.05) is 40.2 Å². The van der Waals surface area contributed by atoms with Gasteiger partial charge in [0.2, 0.25) is 11.7 Å². The quantitative estimate of drug-likeness (QED) is 0.597. The number of rotatable bonds is 4. The Labute approximate surface area is 173 Å². The molecule has 0 radical (unpaired) electrons. The van der Waals surface area contributed by atoms with Crippen LogP contribution < -0.4 is 4.90 Å². The first-order chi connectivity index (χ1) is 14.9. The van der Waals surface area contributed by atoms with Gasteiger partial charge in [-0.05, 0) is 19.1 Å². The maximum atomic E-state index is 13.6. The number of aryl methyl sites for hydroxylation is 1. The summed E-state index contributed by atoms with van der Waals surface area (Å²) in [5, 5.41) is 13.0. The Balaban J connectivity index is 1.36. The number of imide groups is 1. The second kappa shape index (κ2) is 7.04. The maximum Gasteiger partial charge on any atom is 0.263 e. The number of benzene rings is 2. The number of carbonyl (C=O) groups is 2. The van der Waals surface area contributed by atoms with Gasteiger partial charge in [-0.15, -0.1) is 0 Å². The van der Waals surface area contributed by atoms with E-state index in [0.717, 1.165) is 34.2 Å². The van der Waals surface area contributed by atoms with Crippen molar-refractivity contribution in [3.8, 4) is 11.4 Å². The van der Waals surface area contributed by atoms with E-state index in [4.69, 9.17) is 4.52 Å². The molecule has 2 atom stereocenters. The third-order valence-corrected chi connectivity index (χ3v) is 5.09. The SMILES string of the molecule is Cc1ccc(-c2noc(CN3N=NC4C(=O)N(c5ccc(F)c(F)c5)C(=O)C43)n2)cc1. The number of carbonyl (C=O) groups excluding carboxylic acids is 2. The van der Waals surface area contributed by atoms with Gasteiger partial charge in [0.25, 0.3) is 11.8 Å². The lowest BCUT2D eigenvalue weighted by atomic mass is 10.1. The molecule has 0 bridgehead atoms. The minimum atomic E-state index is -1.16. The first-order valence-electron chi connectivity index (χ1n) is 9.32. The Hall–Kier alpha value is -4.02. The summed E-state index contributed by atoms with van der Waals surface area (Å²) in [6.45, 7) is 1.91. The van der Waals surface area contributed by atoms with Crippen molar-refractivity contribution >= 4 is 17.5 Å². The Kier molecular flexibility index (Phi) is 4.31. The minimum absolute atomic E-state index is 0.0475. The molecule has 0 spiro atoms. The average Bonchev–Trinajstić information content (AvgIpc) is 3.44. The standard InChI is InChI=1S/C20H14F2N6O3/c1-10-2-4-11(5-3-10)18-23-15(31-25-18)9-27-17-16(24-26-27)19(29)28(20(17)30)12-6-7-13(21)14(22)8-12/h2-8,16-17H,9H2,1H3. The Morgan fingerprint density at radius 3 is 2.55 bits per heavy atom. The summed E-state index contributed by atoms with van der Waals surface area (Å²) in [6, 6.07) is 8.23. The molecule has 2 aromatic carbocycles. The van der Waals surface area contributed by atoms with Crippen molar-refractivity contribution in [2.24, 2.45) is 10.3 Å². The molecule has 1 fully saturated rings. The van der Waals surface area contributed by atoms with Crippen LogP contribution in [0, 0.1) is 18.6 Å². The fourth-order valence-electron chi connectivity index (χ4n) is 3.51. The van der Waals surface area contributed by atoms with Crippen molar-refractivity contribution in [2.45, 2.75) is 25.6 Å². The monoisotopic (exact) mass is 424 g/mol. The highest BCUT2D eigenvalue weighted by Gasteiger charge is 2.55. The lowest BCUT2D eigenvalue weighted by Gasteiger charge is -2.19. The third-order valence-electron chi connectivity index (χ3n) is 5.09. The van der Waals surface area contributed by atoms with Crippen LogP contribution in [0.5, 0.6) is 0 Å². The van der Waals surface area contributed by atoms with Gasteiger partial charge in [-0.25, -0.2) is 13.7 Å². The summed E-state index contributed by atoms with van der Waals surface area (Å²) in [6.07, 6.45) is 0. The van der Waals surface area contributed by atoms with Gasteiger partial charge in [0, 0.05) is 11.6 Å². The van der Waals surface area contributed by atoms with Crippen LogP contribution in [0.15, 0.2) is 57.3 Å². The molecular formula is C20H14F2N6O3. The second-order valence-electron chi connectivity index (χ2n) is 7.18. The van der Waals surface area contributed by atoms with E-state index >= 15 is 0 Å². The van der Waals surface area contributed by atoms with E-state index in [9.17, 15) is 18.4 Å². The van der Waals surface area contributed by atoms with Gasteiger partial charge in [0.1, 0.15) is 6.54 Å². The molecule has 9 nitrogen and oxygen atoms in total. The molecule has 5 rings (SSSR count). The smallest absolute Gasteiger partial charge is 0.263 e. The summed E-state index contributed by atoms with van der Waals surface area (Å²) in [4.78, 5) is 30.7. The van der Waals surface area contributed by atoms with Crippen molar-refractivity contribution in [1.29, 1.82) is 0 Å². The van der Waals surface area contributed by atoms with Crippen LogP contribution in [0.4, 0.5) is 14.5 Å². The Bertz CT molecular complexity index is 1230. The molecule has 31 heavy (non-hydrogen) atoms. The topological polar surface area (TPSA) is 104 Å². The van der Waals surface area contributed by atoms with E-state index in [-0.39, 0.29) is 18.1 Å². The highest BCUT2D eigenvalue weighted by Crippen LogP contribution is 2.33. The van der Waals surface area contributed by atoms with E-state index in [0.29, 0.717) is 5.82 Å². The van der Waals surface area contributed by atoms with Gasteiger partial charge in [0.05, 0.1) is 5.69 Å². The molecule has 3 aromatic rings. The molecule has 2 aliphatic heterocycles. The van der Waals surface area contributed by atoms with Crippen molar-refractivity contribution < 1.29 is 22.9 Å². The predicted octanol–water partition coefficient (Wildman–Crippen LogP) is 2.82.